The molecule has 0 saturated carbocycles. The van der Waals surface area contributed by atoms with Crippen LogP contribution in [0.25, 0.3) is 5.57 Å². The van der Waals surface area contributed by atoms with Gasteiger partial charge in [0, 0.05) is 19.0 Å². The van der Waals surface area contributed by atoms with Gasteiger partial charge in [0.15, 0.2) is 0 Å². The number of likely N-dealkylation sites (N-methyl/N-ethyl adjacent to an activating group) is 1. The first-order valence-corrected chi connectivity index (χ1v) is 10.6. The first-order chi connectivity index (χ1) is 15.1. The number of hydrogen-bond acceptors (Lipinski definition) is 3. The number of carboxylic acid groups (broad SMARTS) is 1. The summed E-state index contributed by atoms with van der Waals surface area (Å²) >= 11 is 12.0. The molecule has 0 saturated heterocycles. The van der Waals surface area contributed by atoms with Crippen LogP contribution in [0.15, 0.2) is 66.8 Å². The average molecular weight is 473 g/mol. The first-order valence-electron chi connectivity index (χ1n) is 9.87. The Morgan fingerprint density at radius 1 is 1.09 bits per heavy atom. The molecule has 0 aliphatic heterocycles. The van der Waals surface area contributed by atoms with Crippen LogP contribution in [0.3, 0.4) is 0 Å². The van der Waals surface area contributed by atoms with E-state index in [2.05, 4.69) is 5.32 Å². The number of nitrogens with one attached hydrogen (secondary N) is 1. The monoisotopic (exact) mass is 472 g/mol. The quantitative estimate of drug-likeness (QED) is 0.650. The molecule has 3 rings (SSSR count). The van der Waals surface area contributed by atoms with Crippen molar-refractivity contribution in [3.8, 4) is 0 Å². The fraction of sp³-hybridized carbons (Fsp3) is 0.208. The minimum Gasteiger partial charge on any atom is -0.480 e. The first kappa shape index (κ1) is 23.6. The van der Waals surface area contributed by atoms with Gasteiger partial charge < -0.3 is 15.3 Å². The lowest BCUT2D eigenvalue weighted by Crippen LogP contribution is -2.60. The van der Waals surface area contributed by atoms with Gasteiger partial charge in [-0.1, -0.05) is 65.7 Å². The minimum absolute atomic E-state index is 0.149. The molecule has 0 radical (unpaired) electrons. The fourth-order valence-electron chi connectivity index (χ4n) is 3.36. The third-order valence-corrected chi connectivity index (χ3v) is 6.20. The number of amides is 2. The maximum Gasteiger partial charge on any atom is 0.326 e. The summed E-state index contributed by atoms with van der Waals surface area (Å²) in [4.78, 5) is 39.0. The van der Waals surface area contributed by atoms with Crippen molar-refractivity contribution < 1.29 is 19.5 Å². The van der Waals surface area contributed by atoms with Gasteiger partial charge in [-0.05, 0) is 42.3 Å². The van der Waals surface area contributed by atoms with Gasteiger partial charge in [-0.15, -0.1) is 0 Å². The van der Waals surface area contributed by atoms with Crippen LogP contribution in [0.4, 0.5) is 0 Å². The summed E-state index contributed by atoms with van der Waals surface area (Å²) in [6.45, 7) is 1.41. The van der Waals surface area contributed by atoms with Gasteiger partial charge in [0.05, 0.1) is 10.0 Å². The Bertz CT molecular complexity index is 1110. The van der Waals surface area contributed by atoms with Crippen LogP contribution in [-0.4, -0.2) is 46.4 Å². The molecule has 32 heavy (non-hydrogen) atoms. The predicted octanol–water partition coefficient (Wildman–Crippen LogP) is 4.44. The van der Waals surface area contributed by atoms with E-state index in [9.17, 15) is 19.5 Å². The molecular weight excluding hydrogens is 451 g/mol. The van der Waals surface area contributed by atoms with Crippen LogP contribution in [0.1, 0.15) is 29.3 Å². The van der Waals surface area contributed by atoms with Gasteiger partial charge in [0.25, 0.3) is 11.8 Å². The van der Waals surface area contributed by atoms with Crippen molar-refractivity contribution in [3.05, 3.63) is 87.9 Å². The molecule has 0 aromatic heterocycles. The molecule has 1 aliphatic rings. The molecule has 2 aromatic rings. The van der Waals surface area contributed by atoms with Gasteiger partial charge in [0.2, 0.25) is 0 Å². The zero-order valence-electron chi connectivity index (χ0n) is 17.5. The lowest BCUT2D eigenvalue weighted by Gasteiger charge is -2.36. The molecule has 1 aliphatic carbocycles. The number of allylic oxidation sites excluding steroid dienone is 2. The lowest BCUT2D eigenvalue weighted by molar-refractivity contribution is -0.150. The highest BCUT2D eigenvalue weighted by molar-refractivity contribution is 6.42. The third-order valence-electron chi connectivity index (χ3n) is 5.46. The zero-order chi connectivity index (χ0) is 23.5. The number of halogens is 2. The van der Waals surface area contributed by atoms with Crippen LogP contribution in [0.2, 0.25) is 10.0 Å². The Morgan fingerprint density at radius 3 is 2.34 bits per heavy atom. The van der Waals surface area contributed by atoms with Crippen LogP contribution in [0.5, 0.6) is 0 Å². The highest BCUT2D eigenvalue weighted by atomic mass is 35.5. The van der Waals surface area contributed by atoms with Crippen molar-refractivity contribution in [3.63, 3.8) is 0 Å². The molecule has 2 atom stereocenters. The van der Waals surface area contributed by atoms with E-state index in [1.807, 2.05) is 36.4 Å². The Balaban J connectivity index is 1.95. The van der Waals surface area contributed by atoms with Gasteiger partial charge >= 0.3 is 5.97 Å². The van der Waals surface area contributed by atoms with E-state index in [1.165, 1.54) is 32.2 Å². The smallest absolute Gasteiger partial charge is 0.326 e. The SMILES string of the molecule is C[C@@H](C(=O)O)N(C)C(=O)C1(NC(=O)c2ccc(Cl)c(Cl)c2)C=CC(c2ccccc2)=CC1. The molecule has 2 N–H and O–H groups in total. The van der Waals surface area contributed by atoms with E-state index in [1.54, 1.807) is 12.2 Å². The van der Waals surface area contributed by atoms with Crippen LogP contribution >= 0.6 is 23.2 Å². The summed E-state index contributed by atoms with van der Waals surface area (Å²) in [6, 6.07) is 12.9. The normalized spacial score (nSPS) is 18.4. The Hall–Kier alpha value is -3.09. The lowest BCUT2D eigenvalue weighted by atomic mass is 9.84. The second-order valence-electron chi connectivity index (χ2n) is 7.55. The molecular formula is C24H22Cl2N2O4. The summed E-state index contributed by atoms with van der Waals surface area (Å²) in [6.07, 6.45) is 5.36. The number of carbonyl (C=O) groups excluding carboxylic acids is 2. The molecule has 2 amide bonds. The van der Waals surface area contributed by atoms with Crippen LogP contribution in [-0.2, 0) is 9.59 Å². The number of aliphatic carboxylic acids is 1. The highest BCUT2D eigenvalue weighted by Gasteiger charge is 2.42. The van der Waals surface area contributed by atoms with Crippen molar-refractivity contribution in [2.45, 2.75) is 24.9 Å². The van der Waals surface area contributed by atoms with Gasteiger partial charge in [0.1, 0.15) is 11.6 Å². The molecule has 0 bridgehead atoms. The molecule has 0 spiro atoms. The maximum atomic E-state index is 13.4. The minimum atomic E-state index is -1.46. The number of carbonyl (C=O) groups is 3. The second kappa shape index (κ2) is 9.59. The largest absolute Gasteiger partial charge is 0.480 e. The fourth-order valence-corrected chi connectivity index (χ4v) is 3.65. The van der Waals surface area contributed by atoms with Crippen molar-refractivity contribution in [1.29, 1.82) is 0 Å². The number of carboxylic acids is 1. The molecule has 1 unspecified atom stereocenters. The molecule has 2 aromatic carbocycles. The maximum absolute atomic E-state index is 13.4. The van der Waals surface area contributed by atoms with Crippen molar-refractivity contribution in [2.24, 2.45) is 0 Å². The van der Waals surface area contributed by atoms with Crippen molar-refractivity contribution >= 4 is 46.6 Å². The Morgan fingerprint density at radius 2 is 1.78 bits per heavy atom. The summed E-state index contributed by atoms with van der Waals surface area (Å²) in [5.74, 6) is -2.22. The van der Waals surface area contributed by atoms with Crippen LogP contribution in [0, 0.1) is 0 Å². The van der Waals surface area contributed by atoms with E-state index < -0.39 is 29.4 Å². The number of rotatable bonds is 6. The summed E-state index contributed by atoms with van der Waals surface area (Å²) in [5.41, 5.74) is 0.631. The van der Waals surface area contributed by atoms with Gasteiger partial charge in [-0.3, -0.25) is 9.59 Å². The highest BCUT2D eigenvalue weighted by Crippen LogP contribution is 2.30. The standard InChI is InChI=1S/C24H22Cl2N2O4/c1-15(22(30)31)28(2)23(32)24(27-21(29)18-8-9-19(25)20(26)14-18)12-10-17(11-13-24)16-6-4-3-5-7-16/h3-12,14-15H,13H2,1-2H3,(H,27,29)(H,30,31)/t15-,24?/m0/s1. The average Bonchev–Trinajstić information content (AvgIpc) is 2.80. The summed E-state index contributed by atoms with van der Waals surface area (Å²) in [7, 11) is 1.40. The number of nitrogens with zero attached hydrogens (tertiary/aromatic N) is 1. The molecule has 8 heteroatoms. The van der Waals surface area contributed by atoms with E-state index in [0.717, 1.165) is 16.0 Å². The van der Waals surface area contributed by atoms with E-state index in [4.69, 9.17) is 23.2 Å². The topological polar surface area (TPSA) is 86.7 Å². The third kappa shape index (κ3) is 4.87. The van der Waals surface area contributed by atoms with Gasteiger partial charge in [-0.25, -0.2) is 4.79 Å². The van der Waals surface area contributed by atoms with Crippen molar-refractivity contribution in [1.82, 2.24) is 10.2 Å². The molecule has 6 nitrogen and oxygen atoms in total. The van der Waals surface area contributed by atoms with E-state index >= 15 is 0 Å². The summed E-state index contributed by atoms with van der Waals surface area (Å²) < 4.78 is 0. The molecule has 0 heterocycles. The van der Waals surface area contributed by atoms with Crippen molar-refractivity contribution in [2.75, 3.05) is 7.05 Å². The second-order valence-corrected chi connectivity index (χ2v) is 8.36. The van der Waals surface area contributed by atoms with Crippen LogP contribution < -0.4 is 5.32 Å². The zero-order valence-corrected chi connectivity index (χ0v) is 19.0. The predicted molar refractivity (Wildman–Crippen MR) is 125 cm³/mol. The van der Waals surface area contributed by atoms with Gasteiger partial charge in [-0.2, -0.15) is 0 Å². The Labute approximate surface area is 196 Å². The summed E-state index contributed by atoms with van der Waals surface area (Å²) in [5, 5.41) is 12.7. The molecule has 166 valence electrons. The van der Waals surface area contributed by atoms with E-state index in [-0.39, 0.29) is 17.0 Å². The van der Waals surface area contributed by atoms with E-state index in [0.29, 0.717) is 5.02 Å². The molecule has 0 fully saturated rings. The number of hydrogen-bond donors (Lipinski definition) is 2. The Kier molecular flexibility index (Phi) is 7.06. The number of benzene rings is 2.